The molecular weight excluding hydrogens is 316 g/mol. The van der Waals surface area contributed by atoms with Gasteiger partial charge in [0.1, 0.15) is 40.3 Å². The molecule has 6 N–H and O–H groups in total. The topological polar surface area (TPSA) is 138 Å². The molecule has 0 fully saturated rings. The van der Waals surface area contributed by atoms with Crippen molar-refractivity contribution in [1.82, 2.24) is 0 Å². The van der Waals surface area contributed by atoms with E-state index in [1.165, 1.54) is 0 Å². The highest BCUT2D eigenvalue weighted by molar-refractivity contribution is 5.79. The summed E-state index contributed by atoms with van der Waals surface area (Å²) in [5.41, 5.74) is 0.327. The van der Waals surface area contributed by atoms with Gasteiger partial charge in [0, 0.05) is 48.2 Å². The third-order valence-electron chi connectivity index (χ3n) is 3.68. The molecule has 7 heteroatoms. The summed E-state index contributed by atoms with van der Waals surface area (Å²) in [5, 5.41) is 57.1. The molecule has 2 aromatic carbocycles. The number of Topliss-reactive ketones (excluding diaryl/α,β-unsaturated/α-hetero) is 1. The number of rotatable bonds is 6. The molecule has 0 unspecified atom stereocenters. The average molecular weight is 334 g/mol. The fourth-order valence-corrected chi connectivity index (χ4v) is 2.42. The Hall–Kier alpha value is -3.09. The van der Waals surface area contributed by atoms with Crippen LogP contribution < -0.4 is 0 Å². The Labute approximate surface area is 137 Å². The zero-order valence-corrected chi connectivity index (χ0v) is 12.7. The van der Waals surface area contributed by atoms with Gasteiger partial charge < -0.3 is 30.6 Å². The Morgan fingerprint density at radius 1 is 0.625 bits per heavy atom. The smallest absolute Gasteiger partial charge is 0.133 e. The van der Waals surface area contributed by atoms with Crippen LogP contribution in [-0.4, -0.2) is 36.4 Å². The highest BCUT2D eigenvalue weighted by atomic mass is 16.3. The first-order valence-corrected chi connectivity index (χ1v) is 7.27. The minimum atomic E-state index is -0.297. The van der Waals surface area contributed by atoms with Crippen LogP contribution in [0.15, 0.2) is 24.3 Å². The van der Waals surface area contributed by atoms with Crippen molar-refractivity contribution in [2.75, 3.05) is 0 Å². The van der Waals surface area contributed by atoms with Gasteiger partial charge in [0.05, 0.1) is 0 Å². The van der Waals surface area contributed by atoms with Crippen LogP contribution in [0.4, 0.5) is 0 Å². The van der Waals surface area contributed by atoms with Crippen molar-refractivity contribution < 1.29 is 35.4 Å². The van der Waals surface area contributed by atoms with Gasteiger partial charge in [-0.1, -0.05) is 0 Å². The summed E-state index contributed by atoms with van der Waals surface area (Å²) in [6, 6.07) is 4.30. The van der Waals surface area contributed by atoms with Crippen molar-refractivity contribution in [2.24, 2.45) is 0 Å². The summed E-state index contributed by atoms with van der Waals surface area (Å²) in [6.07, 6.45) is 0.242. The Morgan fingerprint density at radius 3 is 1.21 bits per heavy atom. The second kappa shape index (κ2) is 6.99. The van der Waals surface area contributed by atoms with Gasteiger partial charge in [0.25, 0.3) is 0 Å². The van der Waals surface area contributed by atoms with Crippen molar-refractivity contribution in [2.45, 2.75) is 25.7 Å². The lowest BCUT2D eigenvalue weighted by Crippen LogP contribution is -2.03. The average Bonchev–Trinajstić information content (AvgIpc) is 2.44. The highest BCUT2D eigenvalue weighted by Gasteiger charge is 2.14. The van der Waals surface area contributed by atoms with E-state index in [-0.39, 0.29) is 77.1 Å². The van der Waals surface area contributed by atoms with Crippen LogP contribution in [0.5, 0.6) is 34.5 Å². The Balaban J connectivity index is 1.96. The zero-order valence-electron chi connectivity index (χ0n) is 12.7. The largest absolute Gasteiger partial charge is 0.508 e. The van der Waals surface area contributed by atoms with E-state index in [0.29, 0.717) is 0 Å². The summed E-state index contributed by atoms with van der Waals surface area (Å²) in [4.78, 5) is 11.9. The molecule has 0 radical (unpaired) electrons. The lowest BCUT2D eigenvalue weighted by atomic mass is 10.00. The van der Waals surface area contributed by atoms with E-state index in [1.54, 1.807) is 0 Å². The molecule has 2 aromatic rings. The van der Waals surface area contributed by atoms with Gasteiger partial charge >= 0.3 is 0 Å². The van der Waals surface area contributed by atoms with Crippen LogP contribution in [-0.2, 0) is 17.6 Å². The number of benzene rings is 2. The van der Waals surface area contributed by atoms with E-state index in [1.807, 2.05) is 0 Å². The van der Waals surface area contributed by atoms with Crippen molar-refractivity contribution in [1.29, 1.82) is 0 Å². The highest BCUT2D eigenvalue weighted by Crippen LogP contribution is 2.34. The first-order chi connectivity index (χ1) is 11.3. The van der Waals surface area contributed by atoms with Gasteiger partial charge in [-0.25, -0.2) is 0 Å². The van der Waals surface area contributed by atoms with Crippen LogP contribution in [0.25, 0.3) is 0 Å². The lowest BCUT2D eigenvalue weighted by Gasteiger charge is -2.09. The van der Waals surface area contributed by atoms with E-state index >= 15 is 0 Å². The molecule has 0 aromatic heterocycles. The first kappa shape index (κ1) is 17.3. The van der Waals surface area contributed by atoms with E-state index in [9.17, 15) is 35.4 Å². The number of carbonyl (C=O) groups excluding carboxylic acids is 1. The molecule has 0 bridgehead atoms. The Bertz CT molecular complexity index is 658. The van der Waals surface area contributed by atoms with E-state index in [2.05, 4.69) is 0 Å². The SMILES string of the molecule is O=C(CCc1c(O)cc(O)cc1O)CCc1c(O)cc(O)cc1O. The van der Waals surface area contributed by atoms with Crippen LogP contribution in [0.1, 0.15) is 24.0 Å². The van der Waals surface area contributed by atoms with Gasteiger partial charge in [-0.3, -0.25) is 4.79 Å². The van der Waals surface area contributed by atoms with E-state index < -0.39 is 0 Å². The minimum Gasteiger partial charge on any atom is -0.508 e. The van der Waals surface area contributed by atoms with Crippen LogP contribution in [0.3, 0.4) is 0 Å². The summed E-state index contributed by atoms with van der Waals surface area (Å²) in [7, 11) is 0. The quantitative estimate of drug-likeness (QED) is 0.475. The van der Waals surface area contributed by atoms with E-state index in [4.69, 9.17) is 0 Å². The predicted molar refractivity (Wildman–Crippen MR) is 84.5 cm³/mol. The molecule has 0 saturated carbocycles. The second-order valence-electron chi connectivity index (χ2n) is 5.46. The second-order valence-corrected chi connectivity index (χ2v) is 5.46. The Kier molecular flexibility index (Phi) is 5.03. The molecule has 7 nitrogen and oxygen atoms in total. The van der Waals surface area contributed by atoms with E-state index in [0.717, 1.165) is 24.3 Å². The van der Waals surface area contributed by atoms with Gasteiger partial charge in [-0.05, 0) is 12.8 Å². The first-order valence-electron chi connectivity index (χ1n) is 7.27. The van der Waals surface area contributed by atoms with Crippen molar-refractivity contribution in [3.8, 4) is 34.5 Å². The van der Waals surface area contributed by atoms with Gasteiger partial charge in [0.2, 0.25) is 0 Å². The molecule has 0 heterocycles. The maximum absolute atomic E-state index is 11.9. The fraction of sp³-hybridized carbons (Fsp3) is 0.235. The minimum absolute atomic E-state index is 0.0332. The maximum atomic E-state index is 11.9. The number of hydrogen-bond donors (Lipinski definition) is 6. The summed E-state index contributed by atoms with van der Waals surface area (Å²) in [6.45, 7) is 0. The molecule has 2 rings (SSSR count). The number of ketones is 1. The van der Waals surface area contributed by atoms with Crippen molar-refractivity contribution >= 4 is 5.78 Å². The molecule has 24 heavy (non-hydrogen) atoms. The van der Waals surface area contributed by atoms with Gasteiger partial charge in [0.15, 0.2) is 0 Å². The number of hydrogen-bond acceptors (Lipinski definition) is 7. The zero-order chi connectivity index (χ0) is 17.9. The number of phenols is 6. The fourth-order valence-electron chi connectivity index (χ4n) is 2.42. The standard InChI is InChI=1S/C17H18O7/c18-9(1-3-12-14(21)5-10(19)6-15(12)22)2-4-13-16(23)7-11(20)8-17(13)24/h5-8,19-24H,1-4H2. The predicted octanol–water partition coefficient (Wildman–Crippen LogP) is 2.05. The van der Waals surface area contributed by atoms with Crippen molar-refractivity contribution in [3.05, 3.63) is 35.4 Å². The molecule has 0 amide bonds. The van der Waals surface area contributed by atoms with Gasteiger partial charge in [-0.2, -0.15) is 0 Å². The van der Waals surface area contributed by atoms with Crippen molar-refractivity contribution in [3.63, 3.8) is 0 Å². The molecule has 0 aliphatic carbocycles. The van der Waals surface area contributed by atoms with Crippen LogP contribution in [0.2, 0.25) is 0 Å². The Morgan fingerprint density at radius 2 is 0.917 bits per heavy atom. The molecule has 0 saturated heterocycles. The molecular formula is C17H18O7. The number of carbonyl (C=O) groups is 1. The molecule has 0 atom stereocenters. The molecule has 0 spiro atoms. The molecule has 128 valence electrons. The van der Waals surface area contributed by atoms with Gasteiger partial charge in [-0.15, -0.1) is 0 Å². The summed E-state index contributed by atoms with van der Waals surface area (Å²) < 4.78 is 0. The monoisotopic (exact) mass is 334 g/mol. The number of aromatic hydroxyl groups is 6. The number of phenolic OH excluding ortho intramolecular Hbond substituents is 6. The molecule has 0 aliphatic rings. The van der Waals surface area contributed by atoms with Crippen LogP contribution in [0, 0.1) is 0 Å². The maximum Gasteiger partial charge on any atom is 0.133 e. The third-order valence-corrected chi connectivity index (χ3v) is 3.68. The third kappa shape index (κ3) is 4.01. The normalized spacial score (nSPS) is 10.7. The summed E-state index contributed by atoms with van der Waals surface area (Å²) in [5.74, 6) is -1.95. The lowest BCUT2D eigenvalue weighted by molar-refractivity contribution is -0.119. The van der Waals surface area contributed by atoms with Crippen LogP contribution >= 0.6 is 0 Å². The molecule has 0 aliphatic heterocycles. The summed E-state index contributed by atoms with van der Waals surface area (Å²) >= 11 is 0.